The Morgan fingerprint density at radius 3 is 2.63 bits per heavy atom. The molecule has 2 aromatic carbocycles. The Hall–Kier alpha value is -2.53. The van der Waals surface area contributed by atoms with E-state index in [9.17, 15) is 18.0 Å². The lowest BCUT2D eigenvalue weighted by Crippen LogP contribution is -2.41. The number of anilines is 1. The van der Waals surface area contributed by atoms with Crippen molar-refractivity contribution >= 4 is 39.3 Å². The Labute approximate surface area is 182 Å². The Morgan fingerprint density at radius 2 is 1.93 bits per heavy atom. The minimum atomic E-state index is -4.61. The number of benzene rings is 2. The number of carbonyl (C=O) groups is 1. The summed E-state index contributed by atoms with van der Waals surface area (Å²) in [6.45, 7) is 1.77. The summed E-state index contributed by atoms with van der Waals surface area (Å²) < 4.78 is 42.3. The number of hydrogen-bond donors (Lipinski definition) is 2. The van der Waals surface area contributed by atoms with E-state index in [4.69, 9.17) is 0 Å². The van der Waals surface area contributed by atoms with E-state index in [0.717, 1.165) is 23.4 Å². The van der Waals surface area contributed by atoms with Crippen LogP contribution in [0.5, 0.6) is 0 Å². The van der Waals surface area contributed by atoms with Gasteiger partial charge in [0.25, 0.3) is 0 Å². The van der Waals surface area contributed by atoms with Gasteiger partial charge in [0, 0.05) is 4.47 Å². The number of fused-ring (bicyclic) bond motifs is 1. The normalized spacial score (nSPS) is 18.4. The first-order valence-corrected chi connectivity index (χ1v) is 10.5. The minimum Gasteiger partial charge on any atom is -0.324 e. The summed E-state index contributed by atoms with van der Waals surface area (Å²) >= 11 is 4.20. The molecule has 6 nitrogen and oxygen atoms in total. The number of rotatable bonds is 3. The van der Waals surface area contributed by atoms with Crippen molar-refractivity contribution in [1.82, 2.24) is 14.9 Å². The summed E-state index contributed by atoms with van der Waals surface area (Å²) in [6, 6.07) is 12.3. The summed E-state index contributed by atoms with van der Waals surface area (Å²) in [5, 5.41) is 10.2. The summed E-state index contributed by atoms with van der Waals surface area (Å²) in [5.41, 5.74) is 2.81. The molecule has 0 saturated heterocycles. The van der Waals surface area contributed by atoms with Crippen molar-refractivity contribution in [3.63, 3.8) is 0 Å². The predicted molar refractivity (Wildman–Crippen MR) is 111 cm³/mol. The van der Waals surface area contributed by atoms with Gasteiger partial charge in [0.2, 0.25) is 11.1 Å². The van der Waals surface area contributed by atoms with Crippen LogP contribution in [0, 0.1) is 6.92 Å². The molecule has 1 aliphatic rings. The fourth-order valence-electron chi connectivity index (χ4n) is 3.13. The van der Waals surface area contributed by atoms with E-state index in [1.54, 1.807) is 11.6 Å². The van der Waals surface area contributed by atoms with E-state index >= 15 is 0 Å². The second-order valence-corrected chi connectivity index (χ2v) is 8.62. The number of hydrogen-bond acceptors (Lipinski definition) is 5. The molecule has 0 spiro atoms. The number of amides is 1. The van der Waals surface area contributed by atoms with Crippen LogP contribution in [0.4, 0.5) is 18.9 Å². The molecule has 0 saturated carbocycles. The van der Waals surface area contributed by atoms with E-state index in [-0.39, 0.29) is 10.2 Å². The van der Waals surface area contributed by atoms with Gasteiger partial charge in [-0.15, -0.1) is 10.2 Å². The topological polar surface area (TPSA) is 71.8 Å². The maximum absolute atomic E-state index is 13.5. The lowest BCUT2D eigenvalue weighted by atomic mass is 10.0. The number of nitrogens with zero attached hydrogens (tertiary/aromatic N) is 3. The van der Waals surface area contributed by atoms with Gasteiger partial charge in [0.15, 0.2) is 0 Å². The second kappa shape index (κ2) is 7.95. The summed E-state index contributed by atoms with van der Waals surface area (Å²) in [5.74, 6) is 0.0469. The Bertz CT molecular complexity index is 1090. The molecule has 156 valence electrons. The molecule has 11 heteroatoms. The standard InChI is InChI=1S/C19H15BrF3N5OS/c1-10-25-26-18-28(10)27-15(11-5-3-2-4-6-11)16(30-18)17(29)24-14-8-7-12(20)9-13(14)19(21,22)23/h2-9,15-16,27H,1H3,(H,24,29)/t15-,16-/m1/s1. The van der Waals surface area contributed by atoms with Crippen LogP contribution in [0.2, 0.25) is 0 Å². The van der Waals surface area contributed by atoms with Gasteiger partial charge in [-0.2, -0.15) is 13.2 Å². The van der Waals surface area contributed by atoms with Crippen LogP contribution < -0.4 is 10.7 Å². The molecule has 2 heterocycles. The summed E-state index contributed by atoms with van der Waals surface area (Å²) in [6.07, 6.45) is -4.61. The van der Waals surface area contributed by atoms with Crippen molar-refractivity contribution in [1.29, 1.82) is 0 Å². The Morgan fingerprint density at radius 1 is 1.20 bits per heavy atom. The van der Waals surface area contributed by atoms with Crippen LogP contribution in [-0.4, -0.2) is 26.0 Å². The van der Waals surface area contributed by atoms with Gasteiger partial charge in [0.1, 0.15) is 11.1 Å². The van der Waals surface area contributed by atoms with Crippen LogP contribution >= 0.6 is 27.7 Å². The third kappa shape index (κ3) is 4.04. The van der Waals surface area contributed by atoms with Gasteiger partial charge in [0.05, 0.1) is 17.3 Å². The van der Waals surface area contributed by atoms with Gasteiger partial charge in [-0.3, -0.25) is 4.79 Å². The van der Waals surface area contributed by atoms with Gasteiger partial charge < -0.3 is 10.7 Å². The quantitative estimate of drug-likeness (QED) is 0.545. The highest BCUT2D eigenvalue weighted by Gasteiger charge is 2.39. The van der Waals surface area contributed by atoms with Gasteiger partial charge in [-0.05, 0) is 30.7 Å². The number of halogens is 4. The zero-order valence-corrected chi connectivity index (χ0v) is 17.8. The first-order chi connectivity index (χ1) is 14.2. The minimum absolute atomic E-state index is 0.271. The van der Waals surface area contributed by atoms with Crippen LogP contribution in [0.25, 0.3) is 0 Å². The molecule has 0 bridgehead atoms. The molecule has 0 unspecified atom stereocenters. The zero-order chi connectivity index (χ0) is 21.5. The first-order valence-electron chi connectivity index (χ1n) is 8.82. The van der Waals surface area contributed by atoms with Crippen molar-refractivity contribution < 1.29 is 18.0 Å². The highest BCUT2D eigenvalue weighted by Crippen LogP contribution is 2.40. The van der Waals surface area contributed by atoms with E-state index in [0.29, 0.717) is 11.0 Å². The van der Waals surface area contributed by atoms with Crippen molar-refractivity contribution in [2.75, 3.05) is 10.7 Å². The first kappa shape index (κ1) is 20.7. The molecule has 2 atom stereocenters. The molecule has 0 aliphatic carbocycles. The average Bonchev–Trinajstić information content (AvgIpc) is 3.08. The van der Waals surface area contributed by atoms with Gasteiger partial charge in [-0.25, -0.2) is 4.68 Å². The fourth-order valence-corrected chi connectivity index (χ4v) is 4.62. The van der Waals surface area contributed by atoms with E-state index in [1.165, 1.54) is 12.1 Å². The molecular weight excluding hydrogens is 483 g/mol. The van der Waals surface area contributed by atoms with Crippen molar-refractivity contribution in [3.05, 3.63) is 70.0 Å². The molecule has 4 rings (SSSR count). The van der Waals surface area contributed by atoms with Crippen LogP contribution in [-0.2, 0) is 11.0 Å². The summed E-state index contributed by atoms with van der Waals surface area (Å²) in [4.78, 5) is 13.1. The van der Waals surface area contributed by atoms with Crippen molar-refractivity contribution in [2.45, 2.75) is 29.5 Å². The average molecular weight is 498 g/mol. The predicted octanol–water partition coefficient (Wildman–Crippen LogP) is 4.77. The molecule has 0 radical (unpaired) electrons. The molecular formula is C19H15BrF3N5OS. The summed E-state index contributed by atoms with van der Waals surface area (Å²) in [7, 11) is 0. The Balaban J connectivity index is 1.68. The molecule has 30 heavy (non-hydrogen) atoms. The van der Waals surface area contributed by atoms with E-state index in [1.807, 2.05) is 30.3 Å². The second-order valence-electron chi connectivity index (χ2n) is 6.60. The number of nitrogens with one attached hydrogen (secondary N) is 2. The van der Waals surface area contributed by atoms with Gasteiger partial charge in [-0.1, -0.05) is 58.0 Å². The fraction of sp³-hybridized carbons (Fsp3) is 0.211. The van der Waals surface area contributed by atoms with Crippen LogP contribution in [0.15, 0.2) is 58.2 Å². The molecule has 1 amide bonds. The Kier molecular flexibility index (Phi) is 5.49. The number of alkyl halides is 3. The number of aryl methyl sites for hydroxylation is 1. The maximum Gasteiger partial charge on any atom is 0.418 e. The van der Waals surface area contributed by atoms with Gasteiger partial charge >= 0.3 is 6.18 Å². The lowest BCUT2D eigenvalue weighted by molar-refractivity contribution is -0.137. The van der Waals surface area contributed by atoms with Crippen LogP contribution in [0.3, 0.4) is 0 Å². The van der Waals surface area contributed by atoms with Crippen LogP contribution in [0.1, 0.15) is 23.0 Å². The van der Waals surface area contributed by atoms with Crippen molar-refractivity contribution in [3.8, 4) is 0 Å². The van der Waals surface area contributed by atoms with E-state index < -0.39 is 28.9 Å². The smallest absolute Gasteiger partial charge is 0.324 e. The SMILES string of the molecule is Cc1nnc2n1N[C@H](c1ccccc1)[C@H](C(=O)Nc1ccc(Br)cc1C(F)(F)F)S2. The number of thioether (sulfide) groups is 1. The number of aromatic nitrogens is 3. The van der Waals surface area contributed by atoms with Crippen molar-refractivity contribution in [2.24, 2.45) is 0 Å². The lowest BCUT2D eigenvalue weighted by Gasteiger charge is -2.33. The highest BCUT2D eigenvalue weighted by atomic mass is 79.9. The number of carbonyl (C=O) groups excluding carboxylic acids is 1. The van der Waals surface area contributed by atoms with E-state index in [2.05, 4.69) is 36.9 Å². The third-order valence-corrected chi connectivity index (χ3v) is 6.27. The highest BCUT2D eigenvalue weighted by molar-refractivity contribution is 9.10. The molecule has 2 N–H and O–H groups in total. The largest absolute Gasteiger partial charge is 0.418 e. The zero-order valence-electron chi connectivity index (χ0n) is 15.4. The monoisotopic (exact) mass is 497 g/mol. The molecule has 3 aromatic rings. The molecule has 1 aliphatic heterocycles. The molecule has 0 fully saturated rings. The maximum atomic E-state index is 13.5. The molecule has 1 aromatic heterocycles. The third-order valence-electron chi connectivity index (χ3n) is 4.56.